The molecule has 1 aromatic rings. The summed E-state index contributed by atoms with van der Waals surface area (Å²) in [6, 6.07) is 0. The smallest absolute Gasteiger partial charge is 0.229 e. The van der Waals surface area contributed by atoms with Crippen LogP contribution in [0.4, 0.5) is 5.13 Å². The number of hydrogen-bond donors (Lipinski definition) is 1. The third-order valence-corrected chi connectivity index (χ3v) is 5.78. The molecule has 0 atom stereocenters. The van der Waals surface area contributed by atoms with Gasteiger partial charge in [0.1, 0.15) is 0 Å². The Morgan fingerprint density at radius 1 is 1.33 bits per heavy atom. The molecule has 0 radical (unpaired) electrons. The molecule has 0 unspecified atom stereocenters. The van der Waals surface area contributed by atoms with Crippen molar-refractivity contribution in [3.05, 3.63) is 0 Å². The Labute approximate surface area is 134 Å². The predicted molar refractivity (Wildman–Crippen MR) is 89.0 cm³/mol. The minimum absolute atomic E-state index is 0.0600. The van der Waals surface area contributed by atoms with Crippen molar-refractivity contribution in [2.75, 3.05) is 30.7 Å². The molecule has 0 spiro atoms. The quantitative estimate of drug-likeness (QED) is 0.587. The highest BCUT2D eigenvalue weighted by Gasteiger charge is 2.16. The van der Waals surface area contributed by atoms with Gasteiger partial charge in [-0.25, -0.2) is 0 Å². The van der Waals surface area contributed by atoms with Gasteiger partial charge in [0.25, 0.3) is 0 Å². The number of carbonyl (C=O) groups excluding carboxylic acids is 1. The van der Waals surface area contributed by atoms with Crippen LogP contribution in [-0.4, -0.2) is 46.4 Å². The van der Waals surface area contributed by atoms with Crippen molar-refractivity contribution < 1.29 is 4.79 Å². The van der Waals surface area contributed by atoms with E-state index in [9.17, 15) is 4.79 Å². The lowest BCUT2D eigenvalue weighted by Gasteiger charge is -2.12. The number of anilines is 1. The summed E-state index contributed by atoms with van der Waals surface area (Å²) in [7, 11) is 0. The maximum atomic E-state index is 12.0. The monoisotopic (exact) mass is 328 g/mol. The molecule has 1 amide bonds. The van der Waals surface area contributed by atoms with E-state index in [0.29, 0.717) is 5.13 Å². The molecule has 0 aromatic carbocycles. The van der Waals surface area contributed by atoms with Crippen LogP contribution in [0.15, 0.2) is 4.34 Å². The van der Waals surface area contributed by atoms with Crippen molar-refractivity contribution >= 4 is 34.1 Å². The van der Waals surface area contributed by atoms with Crippen LogP contribution in [0.25, 0.3) is 0 Å². The fraction of sp³-hybridized carbons (Fsp3) is 0.786. The van der Waals surface area contributed by atoms with E-state index in [1.54, 1.807) is 11.8 Å². The van der Waals surface area contributed by atoms with E-state index in [1.807, 2.05) is 13.8 Å². The molecule has 1 fully saturated rings. The summed E-state index contributed by atoms with van der Waals surface area (Å²) in [6.07, 6.45) is 4.38. The van der Waals surface area contributed by atoms with Crippen LogP contribution in [0.5, 0.6) is 0 Å². The summed E-state index contributed by atoms with van der Waals surface area (Å²) < 4.78 is 0.939. The van der Waals surface area contributed by atoms with E-state index in [2.05, 4.69) is 20.4 Å². The Morgan fingerprint density at radius 2 is 2.05 bits per heavy atom. The van der Waals surface area contributed by atoms with Gasteiger partial charge in [-0.15, -0.1) is 10.2 Å². The summed E-state index contributed by atoms with van der Waals surface area (Å²) in [6.45, 7) is 7.64. The molecule has 1 saturated heterocycles. The van der Waals surface area contributed by atoms with Crippen LogP contribution < -0.4 is 5.32 Å². The summed E-state index contributed by atoms with van der Waals surface area (Å²) in [5, 5.41) is 11.7. The standard InChI is InChI=1S/C14H24N4OS2/c1-3-11(4-2)12(19)15-13-16-17-14(21-13)20-10-9-18-7-5-6-8-18/h11H,3-10H2,1-2H3,(H,15,16,19). The average molecular weight is 329 g/mol. The molecule has 2 rings (SSSR count). The van der Waals surface area contributed by atoms with Gasteiger partial charge in [0.15, 0.2) is 4.34 Å². The zero-order chi connectivity index (χ0) is 15.1. The zero-order valence-corrected chi connectivity index (χ0v) is 14.4. The Balaban J connectivity index is 1.74. The molecule has 1 aliphatic rings. The van der Waals surface area contributed by atoms with Crippen LogP contribution in [0.1, 0.15) is 39.5 Å². The zero-order valence-electron chi connectivity index (χ0n) is 12.8. The Kier molecular flexibility index (Phi) is 6.92. The maximum absolute atomic E-state index is 12.0. The average Bonchev–Trinajstić information content (AvgIpc) is 3.12. The van der Waals surface area contributed by atoms with Gasteiger partial charge in [0.05, 0.1) is 0 Å². The van der Waals surface area contributed by atoms with Crippen LogP contribution >= 0.6 is 23.1 Å². The van der Waals surface area contributed by atoms with E-state index >= 15 is 0 Å². The second-order valence-electron chi connectivity index (χ2n) is 5.27. The van der Waals surface area contributed by atoms with E-state index in [0.717, 1.165) is 29.5 Å². The second kappa shape index (κ2) is 8.70. The third kappa shape index (κ3) is 5.23. The van der Waals surface area contributed by atoms with Crippen LogP contribution in [0.3, 0.4) is 0 Å². The molecule has 7 heteroatoms. The summed E-state index contributed by atoms with van der Waals surface area (Å²) >= 11 is 3.20. The van der Waals surface area contributed by atoms with Crippen molar-refractivity contribution in [2.24, 2.45) is 5.92 Å². The predicted octanol–water partition coefficient (Wildman–Crippen LogP) is 3.10. The van der Waals surface area contributed by atoms with Gasteiger partial charge >= 0.3 is 0 Å². The molecule has 0 aliphatic carbocycles. The molecule has 21 heavy (non-hydrogen) atoms. The van der Waals surface area contributed by atoms with E-state index < -0.39 is 0 Å². The fourth-order valence-corrected chi connectivity index (χ4v) is 4.28. The van der Waals surface area contributed by atoms with Crippen molar-refractivity contribution in [3.8, 4) is 0 Å². The van der Waals surface area contributed by atoms with Crippen molar-refractivity contribution in [1.29, 1.82) is 0 Å². The topological polar surface area (TPSA) is 58.1 Å². The van der Waals surface area contributed by atoms with Crippen molar-refractivity contribution in [1.82, 2.24) is 15.1 Å². The van der Waals surface area contributed by atoms with Gasteiger partial charge in [-0.1, -0.05) is 36.9 Å². The normalized spacial score (nSPS) is 15.8. The van der Waals surface area contributed by atoms with E-state index in [1.165, 1.54) is 37.3 Å². The Hall–Kier alpha value is -0.660. The van der Waals surface area contributed by atoms with Gasteiger partial charge in [-0.05, 0) is 38.8 Å². The molecule has 0 saturated carbocycles. The number of aromatic nitrogens is 2. The highest BCUT2D eigenvalue weighted by Crippen LogP contribution is 2.26. The van der Waals surface area contributed by atoms with Gasteiger partial charge in [-0.3, -0.25) is 4.79 Å². The number of thioether (sulfide) groups is 1. The number of carbonyl (C=O) groups is 1. The SMILES string of the molecule is CCC(CC)C(=O)Nc1nnc(SCCN2CCCC2)s1. The van der Waals surface area contributed by atoms with Gasteiger partial charge < -0.3 is 10.2 Å². The van der Waals surface area contributed by atoms with Gasteiger partial charge in [-0.2, -0.15) is 0 Å². The van der Waals surface area contributed by atoms with Crippen LogP contribution in [0.2, 0.25) is 0 Å². The Bertz CT molecular complexity index is 442. The number of amides is 1. The number of rotatable bonds is 8. The van der Waals surface area contributed by atoms with Crippen LogP contribution in [0, 0.1) is 5.92 Å². The fourth-order valence-electron chi connectivity index (χ4n) is 2.45. The molecule has 2 heterocycles. The van der Waals surface area contributed by atoms with Gasteiger partial charge in [0.2, 0.25) is 11.0 Å². The largest absolute Gasteiger partial charge is 0.303 e. The van der Waals surface area contributed by atoms with E-state index in [-0.39, 0.29) is 11.8 Å². The summed E-state index contributed by atoms with van der Waals surface area (Å²) in [5.41, 5.74) is 0. The molecule has 1 aromatic heterocycles. The number of hydrogen-bond acceptors (Lipinski definition) is 6. The van der Waals surface area contributed by atoms with Gasteiger partial charge in [0, 0.05) is 18.2 Å². The molecule has 1 N–H and O–H groups in total. The summed E-state index contributed by atoms with van der Waals surface area (Å²) in [5.74, 6) is 1.17. The molecular formula is C14H24N4OS2. The lowest BCUT2D eigenvalue weighted by atomic mass is 10.0. The Morgan fingerprint density at radius 3 is 2.71 bits per heavy atom. The highest BCUT2D eigenvalue weighted by molar-refractivity contribution is 8.01. The maximum Gasteiger partial charge on any atom is 0.229 e. The van der Waals surface area contributed by atoms with Crippen molar-refractivity contribution in [3.63, 3.8) is 0 Å². The molecular weight excluding hydrogens is 304 g/mol. The number of nitrogens with one attached hydrogen (secondary N) is 1. The number of likely N-dealkylation sites (tertiary alicyclic amines) is 1. The third-order valence-electron chi connectivity index (χ3n) is 3.82. The first-order valence-corrected chi connectivity index (χ1v) is 9.52. The van der Waals surface area contributed by atoms with Crippen molar-refractivity contribution in [2.45, 2.75) is 43.9 Å². The lowest BCUT2D eigenvalue weighted by molar-refractivity contribution is -0.120. The van der Waals surface area contributed by atoms with Crippen LogP contribution in [-0.2, 0) is 4.79 Å². The molecule has 118 valence electrons. The second-order valence-corrected chi connectivity index (χ2v) is 7.59. The first kappa shape index (κ1) is 16.7. The molecule has 5 nitrogen and oxygen atoms in total. The molecule has 1 aliphatic heterocycles. The summed E-state index contributed by atoms with van der Waals surface area (Å²) in [4.78, 5) is 14.5. The molecule has 0 bridgehead atoms. The minimum atomic E-state index is 0.0600. The number of nitrogens with zero attached hydrogens (tertiary/aromatic N) is 3. The minimum Gasteiger partial charge on any atom is -0.303 e. The lowest BCUT2D eigenvalue weighted by Crippen LogP contribution is -2.21. The first-order valence-electron chi connectivity index (χ1n) is 7.72. The highest BCUT2D eigenvalue weighted by atomic mass is 32.2. The van der Waals surface area contributed by atoms with E-state index in [4.69, 9.17) is 0 Å². The first-order chi connectivity index (χ1) is 10.2.